The molecular weight excluding hydrogens is 196 g/mol. The van der Waals surface area contributed by atoms with Crippen LogP contribution in [0.25, 0.3) is 0 Å². The molecule has 7 heteroatoms. The Hall–Kier alpha value is -1.76. The van der Waals surface area contributed by atoms with Crippen LogP contribution in [0.3, 0.4) is 0 Å². The monoisotopic (exact) mass is 208 g/mol. The zero-order valence-electron chi connectivity index (χ0n) is 8.58. The van der Waals surface area contributed by atoms with Gasteiger partial charge < -0.3 is 10.3 Å². The van der Waals surface area contributed by atoms with Crippen LogP contribution < -0.4 is 5.73 Å². The SMILES string of the molecule is Cc1noc(Cn2cc(C(C)N)nn2)n1. The van der Waals surface area contributed by atoms with Crippen LogP contribution in [0.15, 0.2) is 10.7 Å². The van der Waals surface area contributed by atoms with E-state index in [2.05, 4.69) is 20.5 Å². The first-order chi connectivity index (χ1) is 7.15. The topological polar surface area (TPSA) is 95.7 Å². The summed E-state index contributed by atoms with van der Waals surface area (Å²) < 4.78 is 6.57. The van der Waals surface area contributed by atoms with Gasteiger partial charge in [0.25, 0.3) is 0 Å². The van der Waals surface area contributed by atoms with E-state index in [0.29, 0.717) is 18.3 Å². The summed E-state index contributed by atoms with van der Waals surface area (Å²) in [6.07, 6.45) is 1.77. The molecule has 0 aliphatic rings. The number of rotatable bonds is 3. The molecule has 80 valence electrons. The number of hydrogen-bond donors (Lipinski definition) is 1. The van der Waals surface area contributed by atoms with Crippen molar-refractivity contribution in [2.24, 2.45) is 5.73 Å². The predicted molar refractivity (Wildman–Crippen MR) is 50.8 cm³/mol. The molecule has 0 aromatic carbocycles. The fourth-order valence-electron chi connectivity index (χ4n) is 1.14. The molecule has 0 radical (unpaired) electrons. The number of nitrogens with zero attached hydrogens (tertiary/aromatic N) is 5. The summed E-state index contributed by atoms with van der Waals surface area (Å²) in [6, 6.07) is -0.122. The lowest BCUT2D eigenvalue weighted by atomic mass is 10.3. The van der Waals surface area contributed by atoms with Gasteiger partial charge in [-0.15, -0.1) is 5.10 Å². The lowest BCUT2D eigenvalue weighted by molar-refractivity contribution is 0.361. The van der Waals surface area contributed by atoms with Gasteiger partial charge in [0.05, 0.1) is 11.9 Å². The van der Waals surface area contributed by atoms with Gasteiger partial charge in [0, 0.05) is 6.04 Å². The first kappa shape index (κ1) is 9.78. The fraction of sp³-hybridized carbons (Fsp3) is 0.500. The number of aromatic nitrogens is 5. The third-order valence-corrected chi connectivity index (χ3v) is 1.89. The van der Waals surface area contributed by atoms with Crippen molar-refractivity contribution in [2.45, 2.75) is 26.4 Å². The number of hydrogen-bond acceptors (Lipinski definition) is 6. The van der Waals surface area contributed by atoms with E-state index in [0.717, 1.165) is 5.69 Å². The van der Waals surface area contributed by atoms with Crippen molar-refractivity contribution >= 4 is 0 Å². The zero-order chi connectivity index (χ0) is 10.8. The van der Waals surface area contributed by atoms with Gasteiger partial charge in [0.2, 0.25) is 5.89 Å². The van der Waals surface area contributed by atoms with Crippen LogP contribution in [-0.4, -0.2) is 25.1 Å². The minimum absolute atomic E-state index is 0.122. The minimum atomic E-state index is -0.122. The Morgan fingerprint density at radius 1 is 1.60 bits per heavy atom. The van der Waals surface area contributed by atoms with E-state index in [4.69, 9.17) is 10.3 Å². The molecule has 0 fully saturated rings. The van der Waals surface area contributed by atoms with Crippen molar-refractivity contribution in [1.82, 2.24) is 25.1 Å². The summed E-state index contributed by atoms with van der Waals surface area (Å²) in [4.78, 5) is 4.06. The van der Waals surface area contributed by atoms with E-state index in [1.165, 1.54) is 0 Å². The Morgan fingerprint density at radius 2 is 2.40 bits per heavy atom. The molecule has 1 unspecified atom stereocenters. The van der Waals surface area contributed by atoms with Crippen molar-refractivity contribution < 1.29 is 4.52 Å². The Balaban J connectivity index is 2.11. The molecule has 0 bridgehead atoms. The van der Waals surface area contributed by atoms with Gasteiger partial charge >= 0.3 is 0 Å². The van der Waals surface area contributed by atoms with Crippen molar-refractivity contribution in [3.63, 3.8) is 0 Å². The van der Waals surface area contributed by atoms with Gasteiger partial charge in [-0.05, 0) is 13.8 Å². The lowest BCUT2D eigenvalue weighted by Gasteiger charge is -1.95. The summed E-state index contributed by atoms with van der Waals surface area (Å²) in [6.45, 7) is 4.04. The molecule has 0 saturated carbocycles. The maximum absolute atomic E-state index is 5.66. The maximum Gasteiger partial charge on any atom is 0.248 e. The summed E-state index contributed by atoms with van der Waals surface area (Å²) in [5.74, 6) is 1.12. The standard InChI is InChI=1S/C8H12N6O/c1-5(9)7-3-14(13-11-7)4-8-10-6(2)12-15-8/h3,5H,4,9H2,1-2H3. The summed E-state index contributed by atoms with van der Waals surface area (Å²) >= 11 is 0. The van der Waals surface area contributed by atoms with Crippen LogP contribution in [0.5, 0.6) is 0 Å². The highest BCUT2D eigenvalue weighted by atomic mass is 16.5. The molecule has 0 saturated heterocycles. The van der Waals surface area contributed by atoms with Crippen LogP contribution in [0.2, 0.25) is 0 Å². The second-order valence-corrected chi connectivity index (χ2v) is 3.36. The highest BCUT2D eigenvalue weighted by Crippen LogP contribution is 2.05. The molecule has 2 heterocycles. The molecular formula is C8H12N6O. The van der Waals surface area contributed by atoms with Gasteiger partial charge in [-0.3, -0.25) is 0 Å². The molecule has 0 aliphatic carbocycles. The van der Waals surface area contributed by atoms with Crippen molar-refractivity contribution in [2.75, 3.05) is 0 Å². The summed E-state index contributed by atoms with van der Waals surface area (Å²) in [5, 5.41) is 11.5. The van der Waals surface area contributed by atoms with Gasteiger partial charge in [0.1, 0.15) is 6.54 Å². The van der Waals surface area contributed by atoms with Gasteiger partial charge in [0.15, 0.2) is 5.82 Å². The molecule has 0 aliphatic heterocycles. The molecule has 15 heavy (non-hydrogen) atoms. The average molecular weight is 208 g/mol. The van der Waals surface area contributed by atoms with Gasteiger partial charge in [-0.2, -0.15) is 4.98 Å². The maximum atomic E-state index is 5.66. The van der Waals surface area contributed by atoms with Gasteiger partial charge in [-0.25, -0.2) is 4.68 Å². The van der Waals surface area contributed by atoms with E-state index in [-0.39, 0.29) is 6.04 Å². The van der Waals surface area contributed by atoms with E-state index >= 15 is 0 Å². The third-order valence-electron chi connectivity index (χ3n) is 1.89. The van der Waals surface area contributed by atoms with Crippen molar-refractivity contribution in [3.8, 4) is 0 Å². The molecule has 1 atom stereocenters. The van der Waals surface area contributed by atoms with Crippen LogP contribution in [0.4, 0.5) is 0 Å². The summed E-state index contributed by atoms with van der Waals surface area (Å²) in [7, 11) is 0. The highest BCUT2D eigenvalue weighted by Gasteiger charge is 2.08. The third kappa shape index (κ3) is 2.18. The lowest BCUT2D eigenvalue weighted by Crippen LogP contribution is -2.05. The Labute approximate surface area is 86.3 Å². The Morgan fingerprint density at radius 3 is 2.93 bits per heavy atom. The Bertz CT molecular complexity index is 445. The Kier molecular flexibility index (Phi) is 2.46. The smallest absolute Gasteiger partial charge is 0.248 e. The fourth-order valence-corrected chi connectivity index (χ4v) is 1.14. The van der Waals surface area contributed by atoms with Crippen LogP contribution in [0.1, 0.15) is 30.4 Å². The predicted octanol–water partition coefficient (Wildman–Crippen LogP) is 0.0375. The largest absolute Gasteiger partial charge is 0.337 e. The van der Waals surface area contributed by atoms with E-state index in [9.17, 15) is 0 Å². The molecule has 7 nitrogen and oxygen atoms in total. The minimum Gasteiger partial charge on any atom is -0.337 e. The quantitative estimate of drug-likeness (QED) is 0.764. The molecule has 0 spiro atoms. The molecule has 0 amide bonds. The average Bonchev–Trinajstić information content (AvgIpc) is 2.76. The van der Waals surface area contributed by atoms with Crippen LogP contribution in [0, 0.1) is 6.92 Å². The molecule has 2 aromatic rings. The first-order valence-electron chi connectivity index (χ1n) is 4.60. The second-order valence-electron chi connectivity index (χ2n) is 3.36. The van der Waals surface area contributed by atoms with Crippen LogP contribution >= 0.6 is 0 Å². The molecule has 2 N–H and O–H groups in total. The van der Waals surface area contributed by atoms with E-state index in [1.54, 1.807) is 17.8 Å². The van der Waals surface area contributed by atoms with Crippen molar-refractivity contribution in [1.29, 1.82) is 0 Å². The second kappa shape index (κ2) is 3.77. The van der Waals surface area contributed by atoms with Crippen molar-refractivity contribution in [3.05, 3.63) is 23.6 Å². The zero-order valence-corrected chi connectivity index (χ0v) is 8.58. The molecule has 2 aromatic heterocycles. The van der Waals surface area contributed by atoms with E-state index in [1.807, 2.05) is 6.92 Å². The number of nitrogens with two attached hydrogens (primary N) is 1. The van der Waals surface area contributed by atoms with Crippen LogP contribution in [-0.2, 0) is 6.54 Å². The first-order valence-corrected chi connectivity index (χ1v) is 4.60. The number of aryl methyl sites for hydroxylation is 1. The summed E-state index contributed by atoms with van der Waals surface area (Å²) in [5.41, 5.74) is 6.40. The van der Waals surface area contributed by atoms with E-state index < -0.39 is 0 Å². The van der Waals surface area contributed by atoms with Gasteiger partial charge in [-0.1, -0.05) is 10.4 Å². The molecule has 2 rings (SSSR count). The normalized spacial score (nSPS) is 13.0. The highest BCUT2D eigenvalue weighted by molar-refractivity contribution is 4.98.